The number of hydrogen-bond acceptors (Lipinski definition) is 3. The molecule has 132 valence electrons. The number of aromatic carboxylic acids is 1. The van der Waals surface area contributed by atoms with Gasteiger partial charge in [0.25, 0.3) is 5.91 Å². The minimum absolute atomic E-state index is 0.00388. The van der Waals surface area contributed by atoms with Crippen LogP contribution in [0, 0.1) is 23.7 Å². The first kappa shape index (κ1) is 24.4. The van der Waals surface area contributed by atoms with Crippen LogP contribution in [0.3, 0.4) is 0 Å². The highest BCUT2D eigenvalue weighted by Gasteiger charge is 2.13. The second-order valence-corrected chi connectivity index (χ2v) is 5.31. The number of carboxylic acids is 1. The molecular formula is C19H21BrN2O3. The average Bonchev–Trinajstić information content (AvgIpc) is 2.55. The molecule has 0 heterocycles. The highest BCUT2D eigenvalue weighted by Crippen LogP contribution is 2.21. The molecule has 6 heteroatoms. The first-order chi connectivity index (χ1) is 11.8. The average molecular weight is 405 g/mol. The van der Waals surface area contributed by atoms with Crippen molar-refractivity contribution in [1.82, 2.24) is 0 Å². The maximum atomic E-state index is 11.8. The third kappa shape index (κ3) is 11.4. The molecule has 0 atom stereocenters. The van der Waals surface area contributed by atoms with Gasteiger partial charge in [0, 0.05) is 10.0 Å². The lowest BCUT2D eigenvalue weighted by atomic mass is 10.1. The van der Waals surface area contributed by atoms with Crippen molar-refractivity contribution < 1.29 is 14.7 Å². The van der Waals surface area contributed by atoms with Crippen molar-refractivity contribution in [3.63, 3.8) is 0 Å². The number of carbonyl (C=O) groups is 2. The summed E-state index contributed by atoms with van der Waals surface area (Å²) in [7, 11) is 0. The van der Waals surface area contributed by atoms with Gasteiger partial charge in [0.05, 0.1) is 23.7 Å². The van der Waals surface area contributed by atoms with Gasteiger partial charge in [-0.25, -0.2) is 4.79 Å². The SMILES string of the molecule is C#CC.C/C(=C\CC#N)C(=O)Nc1ccc(Br)cc1C(=O)O.C=CC. The van der Waals surface area contributed by atoms with E-state index in [1.165, 1.54) is 18.2 Å². The van der Waals surface area contributed by atoms with E-state index in [1.54, 1.807) is 26.0 Å². The molecule has 0 saturated heterocycles. The summed E-state index contributed by atoms with van der Waals surface area (Å²) in [6.45, 7) is 8.46. The van der Waals surface area contributed by atoms with Gasteiger partial charge in [-0.1, -0.05) is 28.1 Å². The van der Waals surface area contributed by atoms with Crippen molar-refractivity contribution >= 4 is 33.5 Å². The zero-order chi connectivity index (χ0) is 19.8. The molecule has 1 rings (SSSR count). The van der Waals surface area contributed by atoms with Crippen LogP contribution in [0.1, 0.15) is 37.6 Å². The third-order valence-corrected chi connectivity index (χ3v) is 2.81. The number of rotatable bonds is 4. The summed E-state index contributed by atoms with van der Waals surface area (Å²) in [6, 6.07) is 6.44. The van der Waals surface area contributed by atoms with E-state index in [0.717, 1.165) is 0 Å². The van der Waals surface area contributed by atoms with Gasteiger partial charge in [-0.3, -0.25) is 4.79 Å². The molecule has 0 aliphatic carbocycles. The Bertz CT molecular complexity index is 710. The fraction of sp³-hybridized carbons (Fsp3) is 0.211. The Balaban J connectivity index is 0. The van der Waals surface area contributed by atoms with Gasteiger partial charge >= 0.3 is 5.97 Å². The summed E-state index contributed by atoms with van der Waals surface area (Å²) in [5.74, 6) is 0.690. The zero-order valence-corrected chi connectivity index (χ0v) is 16.1. The van der Waals surface area contributed by atoms with Crippen LogP contribution in [0.15, 0.2) is 47.0 Å². The Morgan fingerprint density at radius 1 is 1.48 bits per heavy atom. The zero-order valence-electron chi connectivity index (χ0n) is 14.5. The highest BCUT2D eigenvalue weighted by molar-refractivity contribution is 9.10. The summed E-state index contributed by atoms with van der Waals surface area (Å²) in [5.41, 5.74) is 0.571. The summed E-state index contributed by atoms with van der Waals surface area (Å²) in [5, 5.41) is 20.0. The number of hydrogen-bond donors (Lipinski definition) is 2. The van der Waals surface area contributed by atoms with Gasteiger partial charge in [-0.15, -0.1) is 18.9 Å². The Labute approximate surface area is 157 Å². The molecule has 0 aliphatic rings. The number of amides is 1. The van der Waals surface area contributed by atoms with Crippen molar-refractivity contribution in [3.8, 4) is 18.4 Å². The van der Waals surface area contributed by atoms with Crippen molar-refractivity contribution in [2.24, 2.45) is 0 Å². The van der Waals surface area contributed by atoms with E-state index in [-0.39, 0.29) is 17.7 Å². The number of benzene rings is 1. The summed E-state index contributed by atoms with van der Waals surface area (Å²) < 4.78 is 0.611. The molecule has 0 aromatic heterocycles. The third-order valence-electron chi connectivity index (χ3n) is 2.32. The quantitative estimate of drug-likeness (QED) is 0.429. The summed E-state index contributed by atoms with van der Waals surface area (Å²) in [6.07, 6.45) is 7.96. The number of terminal acetylenes is 1. The summed E-state index contributed by atoms with van der Waals surface area (Å²) in [4.78, 5) is 22.9. The van der Waals surface area contributed by atoms with E-state index in [4.69, 9.17) is 10.4 Å². The van der Waals surface area contributed by atoms with Gasteiger partial charge in [-0.05, 0) is 39.0 Å². The lowest BCUT2D eigenvalue weighted by Crippen LogP contribution is -2.15. The first-order valence-corrected chi connectivity index (χ1v) is 7.90. The fourth-order valence-corrected chi connectivity index (χ4v) is 1.68. The molecule has 0 saturated carbocycles. The van der Waals surface area contributed by atoms with Crippen LogP contribution in [0.5, 0.6) is 0 Å². The second kappa shape index (κ2) is 14.7. The molecule has 0 spiro atoms. The molecule has 0 aliphatic heterocycles. The molecule has 2 N–H and O–H groups in total. The largest absolute Gasteiger partial charge is 0.478 e. The van der Waals surface area contributed by atoms with Crippen LogP contribution in [-0.2, 0) is 4.79 Å². The standard InChI is InChI=1S/C13H11BrN2O3.C3H6.C3H4/c1-8(3-2-6-15)12(17)16-11-5-4-9(14)7-10(11)13(18)19;2*1-3-2/h3-5,7H,2H2,1H3,(H,16,17)(H,18,19);3H,1H2,2H3;1H,2H3/b8-3+;;. The van der Waals surface area contributed by atoms with Crippen LogP contribution in [-0.4, -0.2) is 17.0 Å². The van der Waals surface area contributed by atoms with E-state index in [9.17, 15) is 9.59 Å². The predicted octanol–water partition coefficient (Wildman–Crippen LogP) is 4.78. The monoisotopic (exact) mass is 404 g/mol. The summed E-state index contributed by atoms with van der Waals surface area (Å²) >= 11 is 3.17. The van der Waals surface area contributed by atoms with Crippen molar-refractivity contribution in [2.75, 3.05) is 5.32 Å². The second-order valence-electron chi connectivity index (χ2n) is 4.40. The maximum Gasteiger partial charge on any atom is 0.337 e. The van der Waals surface area contributed by atoms with E-state index >= 15 is 0 Å². The van der Waals surface area contributed by atoms with Crippen molar-refractivity contribution in [2.45, 2.75) is 27.2 Å². The Hall–Kier alpha value is -2.83. The van der Waals surface area contributed by atoms with E-state index in [2.05, 4.69) is 40.2 Å². The van der Waals surface area contributed by atoms with E-state index < -0.39 is 11.9 Å². The van der Waals surface area contributed by atoms with Gasteiger partial charge in [0.2, 0.25) is 0 Å². The van der Waals surface area contributed by atoms with Crippen molar-refractivity contribution in [3.05, 3.63) is 52.5 Å². The first-order valence-electron chi connectivity index (χ1n) is 7.11. The number of carboxylic acid groups (broad SMARTS) is 1. The number of anilines is 1. The molecule has 1 aromatic carbocycles. The van der Waals surface area contributed by atoms with Gasteiger partial charge in [0.15, 0.2) is 0 Å². The van der Waals surface area contributed by atoms with E-state index in [0.29, 0.717) is 10.0 Å². The Morgan fingerprint density at radius 3 is 2.44 bits per heavy atom. The molecule has 0 unspecified atom stereocenters. The van der Waals surface area contributed by atoms with Gasteiger partial charge < -0.3 is 10.4 Å². The van der Waals surface area contributed by atoms with Crippen LogP contribution < -0.4 is 5.32 Å². The van der Waals surface area contributed by atoms with Crippen LogP contribution in [0.4, 0.5) is 5.69 Å². The van der Waals surface area contributed by atoms with Crippen LogP contribution >= 0.6 is 15.9 Å². The maximum absolute atomic E-state index is 11.8. The lowest BCUT2D eigenvalue weighted by molar-refractivity contribution is -0.112. The highest BCUT2D eigenvalue weighted by atomic mass is 79.9. The number of carbonyl (C=O) groups excluding carboxylic acids is 1. The topological polar surface area (TPSA) is 90.2 Å². The molecule has 5 nitrogen and oxygen atoms in total. The Morgan fingerprint density at radius 2 is 2.00 bits per heavy atom. The predicted molar refractivity (Wildman–Crippen MR) is 104 cm³/mol. The van der Waals surface area contributed by atoms with Crippen LogP contribution in [0.25, 0.3) is 0 Å². The number of allylic oxidation sites excluding steroid dienone is 2. The minimum atomic E-state index is -1.13. The van der Waals surface area contributed by atoms with Gasteiger partial charge in [-0.2, -0.15) is 5.26 Å². The van der Waals surface area contributed by atoms with Gasteiger partial charge in [0.1, 0.15) is 0 Å². The van der Waals surface area contributed by atoms with E-state index in [1.807, 2.05) is 13.0 Å². The molecule has 0 bridgehead atoms. The molecule has 0 radical (unpaired) electrons. The molecular weight excluding hydrogens is 384 g/mol. The lowest BCUT2D eigenvalue weighted by Gasteiger charge is -2.09. The number of nitrogens with one attached hydrogen (secondary N) is 1. The smallest absolute Gasteiger partial charge is 0.337 e. The minimum Gasteiger partial charge on any atom is -0.478 e. The Kier molecular flexibility index (Phi) is 14.4. The van der Waals surface area contributed by atoms with Crippen LogP contribution in [0.2, 0.25) is 0 Å². The normalized spacial score (nSPS) is 8.96. The molecule has 0 fully saturated rings. The number of nitrogens with zero attached hydrogens (tertiary/aromatic N) is 1. The molecule has 1 amide bonds. The fourth-order valence-electron chi connectivity index (χ4n) is 1.31. The molecule has 25 heavy (non-hydrogen) atoms. The number of nitriles is 1. The number of halogens is 1. The van der Waals surface area contributed by atoms with Crippen molar-refractivity contribution in [1.29, 1.82) is 5.26 Å². The molecule has 1 aromatic rings.